The van der Waals surface area contributed by atoms with E-state index >= 15 is 0 Å². The molecule has 4 heteroatoms. The fourth-order valence-electron chi connectivity index (χ4n) is 4.55. The van der Waals surface area contributed by atoms with Crippen LogP contribution >= 0.6 is 0 Å². The molecule has 0 spiro atoms. The lowest BCUT2D eigenvalue weighted by atomic mass is 9.78. The van der Waals surface area contributed by atoms with E-state index in [-0.39, 0.29) is 41.4 Å². The van der Waals surface area contributed by atoms with Crippen LogP contribution in [0.2, 0.25) is 0 Å². The molecule has 0 aromatic heterocycles. The van der Waals surface area contributed by atoms with Crippen molar-refractivity contribution < 1.29 is 19.1 Å². The molecule has 1 fully saturated rings. The van der Waals surface area contributed by atoms with E-state index in [2.05, 4.69) is 6.07 Å². The molecule has 0 amide bonds. The zero-order chi connectivity index (χ0) is 16.0. The van der Waals surface area contributed by atoms with Crippen molar-refractivity contribution in [2.75, 3.05) is 0 Å². The van der Waals surface area contributed by atoms with E-state index in [1.54, 1.807) is 0 Å². The van der Waals surface area contributed by atoms with E-state index < -0.39 is 5.92 Å². The maximum atomic E-state index is 12.0. The quantitative estimate of drug-likeness (QED) is 0.633. The van der Waals surface area contributed by atoms with Crippen LogP contribution in [0.5, 0.6) is 0 Å². The molecule has 2 aliphatic carbocycles. The Bertz CT molecular complexity index is 634. The standard InChI is InChI=1S/C18H20O4/c1-9(19)16(10(2)20)18-14-8-15(22-11(3)21)17(18)13-7-5-4-6-12(13)14/h4-7,14-18H,8H2,1-3H3/t14-,15+,17-,18+/m1/s1. The number of benzene rings is 1. The summed E-state index contributed by atoms with van der Waals surface area (Å²) in [7, 11) is 0. The van der Waals surface area contributed by atoms with Crippen LogP contribution in [-0.4, -0.2) is 23.6 Å². The van der Waals surface area contributed by atoms with Crippen molar-refractivity contribution >= 4 is 17.5 Å². The van der Waals surface area contributed by atoms with Gasteiger partial charge in [0.1, 0.15) is 17.7 Å². The van der Waals surface area contributed by atoms with E-state index in [0.29, 0.717) is 6.42 Å². The molecule has 3 rings (SSSR count). The van der Waals surface area contributed by atoms with Gasteiger partial charge in [-0.2, -0.15) is 0 Å². The Labute approximate surface area is 129 Å². The summed E-state index contributed by atoms with van der Waals surface area (Å²) in [6, 6.07) is 8.03. The predicted molar refractivity (Wildman–Crippen MR) is 80.4 cm³/mol. The first-order valence-electron chi connectivity index (χ1n) is 7.68. The Morgan fingerprint density at radius 1 is 1.05 bits per heavy atom. The van der Waals surface area contributed by atoms with Crippen LogP contribution in [-0.2, 0) is 19.1 Å². The Balaban J connectivity index is 2.04. The van der Waals surface area contributed by atoms with Crippen molar-refractivity contribution in [2.45, 2.75) is 45.1 Å². The molecule has 1 aromatic carbocycles. The molecule has 2 bridgehead atoms. The van der Waals surface area contributed by atoms with Gasteiger partial charge in [-0.3, -0.25) is 14.4 Å². The Morgan fingerprint density at radius 2 is 1.64 bits per heavy atom. The number of ketones is 2. The van der Waals surface area contributed by atoms with Crippen molar-refractivity contribution in [1.82, 2.24) is 0 Å². The molecule has 2 aliphatic rings. The SMILES string of the molecule is CC(=O)O[C@H]1C[C@@H]2c3ccccc3[C@H]1[C@@H]2C(C(C)=O)C(C)=O. The number of ether oxygens (including phenoxy) is 1. The van der Waals surface area contributed by atoms with Gasteiger partial charge in [-0.15, -0.1) is 0 Å². The molecular formula is C18H20O4. The molecule has 0 aliphatic heterocycles. The van der Waals surface area contributed by atoms with Gasteiger partial charge in [-0.05, 0) is 43.2 Å². The monoisotopic (exact) mass is 300 g/mol. The zero-order valence-electron chi connectivity index (χ0n) is 13.0. The van der Waals surface area contributed by atoms with E-state index in [0.717, 1.165) is 5.56 Å². The van der Waals surface area contributed by atoms with Gasteiger partial charge < -0.3 is 4.74 Å². The summed E-state index contributed by atoms with van der Waals surface area (Å²) in [5, 5.41) is 0. The summed E-state index contributed by atoms with van der Waals surface area (Å²) < 4.78 is 5.48. The topological polar surface area (TPSA) is 60.4 Å². The minimum Gasteiger partial charge on any atom is -0.462 e. The first-order valence-corrected chi connectivity index (χ1v) is 7.68. The van der Waals surface area contributed by atoms with Gasteiger partial charge in [0.2, 0.25) is 0 Å². The summed E-state index contributed by atoms with van der Waals surface area (Å²) in [4.78, 5) is 35.5. The number of carbonyl (C=O) groups is 3. The van der Waals surface area contributed by atoms with Crippen LogP contribution in [0.3, 0.4) is 0 Å². The van der Waals surface area contributed by atoms with Gasteiger partial charge in [0.15, 0.2) is 0 Å². The number of hydrogen-bond donors (Lipinski definition) is 0. The third-order valence-electron chi connectivity index (χ3n) is 5.10. The molecule has 0 saturated heterocycles. The second-order valence-electron chi connectivity index (χ2n) is 6.42. The average Bonchev–Trinajstić information content (AvgIpc) is 2.90. The Morgan fingerprint density at radius 3 is 2.18 bits per heavy atom. The smallest absolute Gasteiger partial charge is 0.302 e. The number of fused-ring (bicyclic) bond motifs is 5. The van der Waals surface area contributed by atoms with Crippen LogP contribution in [0.4, 0.5) is 0 Å². The van der Waals surface area contributed by atoms with Crippen molar-refractivity contribution in [1.29, 1.82) is 0 Å². The minimum atomic E-state index is -0.608. The van der Waals surface area contributed by atoms with E-state index in [1.165, 1.54) is 26.3 Å². The second kappa shape index (κ2) is 5.34. The molecule has 0 unspecified atom stereocenters. The summed E-state index contributed by atoms with van der Waals surface area (Å²) in [5.41, 5.74) is 2.33. The highest BCUT2D eigenvalue weighted by Crippen LogP contribution is 2.60. The van der Waals surface area contributed by atoms with Crippen molar-refractivity contribution in [2.24, 2.45) is 11.8 Å². The van der Waals surface area contributed by atoms with Crippen LogP contribution in [0.15, 0.2) is 24.3 Å². The average molecular weight is 300 g/mol. The van der Waals surface area contributed by atoms with Gasteiger partial charge >= 0.3 is 5.97 Å². The molecule has 116 valence electrons. The maximum absolute atomic E-state index is 12.0. The van der Waals surface area contributed by atoms with Gasteiger partial charge in [-0.25, -0.2) is 0 Å². The summed E-state index contributed by atoms with van der Waals surface area (Å²) in [6.07, 6.45) is 0.465. The molecule has 0 radical (unpaired) electrons. The molecule has 1 aromatic rings. The molecule has 0 heterocycles. The normalized spacial score (nSPS) is 28.5. The van der Waals surface area contributed by atoms with E-state index in [4.69, 9.17) is 4.74 Å². The van der Waals surface area contributed by atoms with Gasteiger partial charge in [0, 0.05) is 12.8 Å². The Kier molecular flexibility index (Phi) is 3.63. The Hall–Kier alpha value is -1.97. The highest BCUT2D eigenvalue weighted by atomic mass is 16.5. The summed E-state index contributed by atoms with van der Waals surface area (Å²) in [5.74, 6) is -1.13. The molecule has 4 nitrogen and oxygen atoms in total. The number of Topliss-reactive ketones (excluding diaryl/α,β-unsaturated/α-hetero) is 2. The molecule has 1 saturated carbocycles. The molecule has 0 N–H and O–H groups in total. The number of esters is 1. The van der Waals surface area contributed by atoms with Crippen LogP contribution in [0.25, 0.3) is 0 Å². The summed E-state index contributed by atoms with van der Waals surface area (Å²) in [6.45, 7) is 4.37. The molecule has 22 heavy (non-hydrogen) atoms. The van der Waals surface area contributed by atoms with Crippen molar-refractivity contribution in [3.63, 3.8) is 0 Å². The number of carbonyl (C=O) groups excluding carboxylic acids is 3. The number of hydrogen-bond acceptors (Lipinski definition) is 4. The minimum absolute atomic E-state index is 0.0529. The van der Waals surface area contributed by atoms with Gasteiger partial charge in [0.05, 0.1) is 5.92 Å². The second-order valence-corrected chi connectivity index (χ2v) is 6.42. The first kappa shape index (κ1) is 14.9. The predicted octanol–water partition coefficient (Wildman–Crippen LogP) is 2.61. The third-order valence-corrected chi connectivity index (χ3v) is 5.10. The van der Waals surface area contributed by atoms with Crippen molar-refractivity contribution in [3.05, 3.63) is 35.4 Å². The van der Waals surface area contributed by atoms with Crippen LogP contribution in [0, 0.1) is 11.8 Å². The van der Waals surface area contributed by atoms with Crippen LogP contribution < -0.4 is 0 Å². The first-order chi connectivity index (χ1) is 10.4. The lowest BCUT2D eigenvalue weighted by Crippen LogP contribution is -2.32. The lowest BCUT2D eigenvalue weighted by molar-refractivity contribution is -0.147. The molecular weight excluding hydrogens is 280 g/mol. The number of rotatable bonds is 4. The maximum Gasteiger partial charge on any atom is 0.302 e. The highest BCUT2D eigenvalue weighted by molar-refractivity contribution is 6.01. The third kappa shape index (κ3) is 2.18. The van der Waals surface area contributed by atoms with Crippen molar-refractivity contribution in [3.8, 4) is 0 Å². The van der Waals surface area contributed by atoms with Gasteiger partial charge in [0.25, 0.3) is 0 Å². The summed E-state index contributed by atoms with van der Waals surface area (Å²) >= 11 is 0. The highest BCUT2D eigenvalue weighted by Gasteiger charge is 2.57. The zero-order valence-corrected chi connectivity index (χ0v) is 13.0. The fraction of sp³-hybridized carbons (Fsp3) is 0.500. The van der Waals surface area contributed by atoms with Gasteiger partial charge in [-0.1, -0.05) is 24.3 Å². The van der Waals surface area contributed by atoms with E-state index in [9.17, 15) is 14.4 Å². The fourth-order valence-corrected chi connectivity index (χ4v) is 4.55. The van der Waals surface area contributed by atoms with E-state index in [1.807, 2.05) is 18.2 Å². The lowest BCUT2D eigenvalue weighted by Gasteiger charge is -2.26. The molecule has 4 atom stereocenters. The van der Waals surface area contributed by atoms with Crippen LogP contribution in [0.1, 0.15) is 50.2 Å². The largest absolute Gasteiger partial charge is 0.462 e.